The van der Waals surface area contributed by atoms with E-state index >= 15 is 0 Å². The number of hydrogen-bond acceptors (Lipinski definition) is 6. The standard InChI is InChI=1S/C15H14F3N5S/c16-15(17,18)14-22-11-12(23-7-5-19-6-8-23)20-9-3-1-2-4-10(9)21-13(11)24-14/h1-4,19,21H,5-8H2. The fourth-order valence-corrected chi connectivity index (χ4v) is 3.58. The molecule has 0 atom stereocenters. The van der Waals surface area contributed by atoms with Crippen molar-refractivity contribution in [3.63, 3.8) is 0 Å². The number of fused-ring (bicyclic) bond motifs is 2. The van der Waals surface area contributed by atoms with Gasteiger partial charge < -0.3 is 15.5 Å². The van der Waals surface area contributed by atoms with Crippen molar-refractivity contribution in [3.8, 4) is 0 Å². The van der Waals surface area contributed by atoms with Crippen molar-refractivity contribution in [2.45, 2.75) is 6.18 Å². The second-order valence-corrected chi connectivity index (χ2v) is 6.51. The molecule has 0 aliphatic carbocycles. The number of aliphatic imine (C=N–C) groups is 1. The van der Waals surface area contributed by atoms with Gasteiger partial charge in [-0.25, -0.2) is 9.98 Å². The molecule has 2 N–H and O–H groups in total. The van der Waals surface area contributed by atoms with Crippen molar-refractivity contribution in [1.29, 1.82) is 0 Å². The highest BCUT2D eigenvalue weighted by Gasteiger charge is 2.38. The molecule has 1 fully saturated rings. The Morgan fingerprint density at radius 1 is 1.12 bits per heavy atom. The molecular weight excluding hydrogens is 339 g/mol. The minimum Gasteiger partial charge on any atom is -0.352 e. The lowest BCUT2D eigenvalue weighted by atomic mass is 10.3. The summed E-state index contributed by atoms with van der Waals surface area (Å²) in [5.41, 5.74) is 1.65. The lowest BCUT2D eigenvalue weighted by Gasteiger charge is -2.29. The zero-order valence-corrected chi connectivity index (χ0v) is 13.3. The first-order valence-electron chi connectivity index (χ1n) is 7.51. The Labute approximate surface area is 140 Å². The van der Waals surface area contributed by atoms with Gasteiger partial charge in [0.05, 0.1) is 11.4 Å². The van der Waals surface area contributed by atoms with Gasteiger partial charge in [-0.05, 0) is 12.1 Å². The average molecular weight is 353 g/mol. The van der Waals surface area contributed by atoms with Gasteiger partial charge >= 0.3 is 6.18 Å². The van der Waals surface area contributed by atoms with Crippen LogP contribution < -0.4 is 10.6 Å². The summed E-state index contributed by atoms with van der Waals surface area (Å²) in [4.78, 5) is 10.5. The van der Waals surface area contributed by atoms with E-state index in [0.717, 1.165) is 13.1 Å². The molecule has 1 aromatic carbocycles. The third-order valence-corrected chi connectivity index (χ3v) is 4.89. The van der Waals surface area contributed by atoms with Crippen molar-refractivity contribution in [2.24, 2.45) is 4.99 Å². The molecule has 2 aromatic rings. The number of halogens is 3. The maximum Gasteiger partial charge on any atom is 0.443 e. The van der Waals surface area contributed by atoms with Gasteiger partial charge in [0.15, 0.2) is 5.84 Å². The van der Waals surface area contributed by atoms with Gasteiger partial charge in [-0.15, -0.1) is 0 Å². The molecule has 0 unspecified atom stereocenters. The van der Waals surface area contributed by atoms with E-state index in [1.54, 1.807) is 6.07 Å². The van der Waals surface area contributed by atoms with E-state index in [0.29, 0.717) is 46.6 Å². The summed E-state index contributed by atoms with van der Waals surface area (Å²) in [6.45, 7) is 2.89. The molecule has 9 heteroatoms. The molecule has 126 valence electrons. The number of nitrogens with one attached hydrogen (secondary N) is 2. The Hall–Kier alpha value is -2.13. The molecule has 5 nitrogen and oxygen atoms in total. The number of aromatic nitrogens is 1. The van der Waals surface area contributed by atoms with Crippen molar-refractivity contribution in [2.75, 3.05) is 31.5 Å². The van der Waals surface area contributed by atoms with Gasteiger partial charge in [0, 0.05) is 26.2 Å². The van der Waals surface area contributed by atoms with Crippen molar-refractivity contribution in [1.82, 2.24) is 15.2 Å². The van der Waals surface area contributed by atoms with E-state index in [2.05, 4.69) is 20.6 Å². The molecule has 4 rings (SSSR count). The number of nitrogens with zero attached hydrogens (tertiary/aromatic N) is 3. The monoisotopic (exact) mass is 353 g/mol. The topological polar surface area (TPSA) is 52.6 Å². The second-order valence-electron chi connectivity index (χ2n) is 5.51. The smallest absolute Gasteiger partial charge is 0.352 e. The van der Waals surface area contributed by atoms with Crippen LogP contribution in [0.2, 0.25) is 0 Å². The maximum atomic E-state index is 13.1. The first-order chi connectivity index (χ1) is 11.5. The highest BCUT2D eigenvalue weighted by atomic mass is 32.1. The number of hydrogen-bond donors (Lipinski definition) is 2. The number of benzene rings is 1. The number of amidine groups is 1. The van der Waals surface area contributed by atoms with E-state index in [1.165, 1.54) is 0 Å². The highest BCUT2D eigenvalue weighted by molar-refractivity contribution is 7.16. The van der Waals surface area contributed by atoms with Gasteiger partial charge in [-0.2, -0.15) is 13.2 Å². The molecule has 0 amide bonds. The number of thiazole rings is 1. The van der Waals surface area contributed by atoms with Crippen molar-refractivity contribution in [3.05, 3.63) is 35.0 Å². The van der Waals surface area contributed by atoms with Crippen LogP contribution in [0.1, 0.15) is 10.7 Å². The van der Waals surface area contributed by atoms with Crippen LogP contribution >= 0.6 is 11.3 Å². The van der Waals surface area contributed by atoms with Gasteiger partial charge in [0.25, 0.3) is 0 Å². The Kier molecular flexibility index (Phi) is 3.69. The number of para-hydroxylation sites is 2. The van der Waals surface area contributed by atoms with E-state index in [4.69, 9.17) is 0 Å². The summed E-state index contributed by atoms with van der Waals surface area (Å²) in [7, 11) is 0. The lowest BCUT2D eigenvalue weighted by Crippen LogP contribution is -2.46. The van der Waals surface area contributed by atoms with Gasteiger partial charge in [-0.1, -0.05) is 23.5 Å². The van der Waals surface area contributed by atoms with Crippen LogP contribution in [-0.2, 0) is 6.18 Å². The molecule has 0 spiro atoms. The zero-order chi connectivity index (χ0) is 16.7. The normalized spacial score (nSPS) is 17.5. The fraction of sp³-hybridized carbons (Fsp3) is 0.333. The Morgan fingerprint density at radius 3 is 2.62 bits per heavy atom. The van der Waals surface area contributed by atoms with Crippen LogP contribution in [0.5, 0.6) is 0 Å². The Balaban J connectivity index is 1.86. The van der Waals surface area contributed by atoms with E-state index in [9.17, 15) is 13.2 Å². The summed E-state index contributed by atoms with van der Waals surface area (Å²) < 4.78 is 39.3. The summed E-state index contributed by atoms with van der Waals surface area (Å²) in [6.07, 6.45) is -4.47. The molecular formula is C15H14F3N5S. The molecule has 3 heterocycles. The number of rotatable bonds is 0. The van der Waals surface area contributed by atoms with Crippen molar-refractivity contribution >= 4 is 33.5 Å². The third-order valence-electron chi connectivity index (χ3n) is 3.88. The SMILES string of the molecule is FC(F)(F)c1nc2c(s1)Nc1ccccc1N=C2N1CCNCC1. The van der Waals surface area contributed by atoms with Gasteiger partial charge in [0.1, 0.15) is 10.7 Å². The van der Waals surface area contributed by atoms with Crippen molar-refractivity contribution < 1.29 is 13.2 Å². The minimum absolute atomic E-state index is 0.269. The first kappa shape index (κ1) is 15.4. The number of piperazine rings is 1. The Bertz CT molecular complexity index is 793. The summed E-state index contributed by atoms with van der Waals surface area (Å²) in [5, 5.41) is 5.82. The molecule has 2 aliphatic rings. The zero-order valence-electron chi connectivity index (χ0n) is 12.5. The van der Waals surface area contributed by atoms with E-state index in [-0.39, 0.29) is 5.69 Å². The summed E-state index contributed by atoms with van der Waals surface area (Å²) in [5.74, 6) is 0.496. The van der Waals surface area contributed by atoms with E-state index < -0.39 is 11.2 Å². The van der Waals surface area contributed by atoms with Crippen LogP contribution in [0.3, 0.4) is 0 Å². The minimum atomic E-state index is -4.47. The molecule has 2 aliphatic heterocycles. The predicted molar refractivity (Wildman–Crippen MR) is 87.5 cm³/mol. The quantitative estimate of drug-likeness (QED) is 0.764. The highest BCUT2D eigenvalue weighted by Crippen LogP contribution is 2.42. The Morgan fingerprint density at radius 2 is 1.88 bits per heavy atom. The van der Waals surface area contributed by atoms with Gasteiger partial charge in [0.2, 0.25) is 5.01 Å². The lowest BCUT2D eigenvalue weighted by molar-refractivity contribution is -0.137. The fourth-order valence-electron chi connectivity index (χ4n) is 2.74. The van der Waals surface area contributed by atoms with Crippen LogP contribution in [0.25, 0.3) is 0 Å². The largest absolute Gasteiger partial charge is 0.443 e. The third kappa shape index (κ3) is 2.73. The maximum absolute atomic E-state index is 13.1. The summed E-state index contributed by atoms with van der Waals surface area (Å²) in [6, 6.07) is 7.32. The van der Waals surface area contributed by atoms with E-state index in [1.807, 2.05) is 23.1 Å². The number of alkyl halides is 3. The molecule has 1 saturated heterocycles. The van der Waals surface area contributed by atoms with Crippen LogP contribution in [0.4, 0.5) is 29.5 Å². The van der Waals surface area contributed by atoms with Gasteiger partial charge in [-0.3, -0.25) is 0 Å². The molecule has 1 aromatic heterocycles. The average Bonchev–Trinajstić information content (AvgIpc) is 2.92. The van der Waals surface area contributed by atoms with Crippen LogP contribution in [-0.4, -0.2) is 41.9 Å². The molecule has 0 bridgehead atoms. The first-order valence-corrected chi connectivity index (χ1v) is 8.33. The predicted octanol–water partition coefficient (Wildman–Crippen LogP) is 3.20. The molecule has 24 heavy (non-hydrogen) atoms. The van der Waals surface area contributed by atoms with Crippen LogP contribution in [0.15, 0.2) is 29.3 Å². The molecule has 0 saturated carbocycles. The molecule has 0 radical (unpaired) electrons. The summed E-state index contributed by atoms with van der Waals surface area (Å²) >= 11 is 0.617. The van der Waals surface area contributed by atoms with Crippen LogP contribution in [0, 0.1) is 0 Å². The second kappa shape index (κ2) is 5.75. The number of anilines is 2.